The second-order valence-corrected chi connectivity index (χ2v) is 5.06. The summed E-state index contributed by atoms with van der Waals surface area (Å²) in [5.41, 5.74) is 0.0968. The Bertz CT molecular complexity index is 421. The highest BCUT2D eigenvalue weighted by Gasteiger charge is 2.13. The van der Waals surface area contributed by atoms with Crippen LogP contribution in [0.25, 0.3) is 0 Å². The van der Waals surface area contributed by atoms with E-state index in [0.29, 0.717) is 23.3 Å². The molecule has 0 spiro atoms. The number of hydrogen-bond acceptors (Lipinski definition) is 3. The summed E-state index contributed by atoms with van der Waals surface area (Å²) in [7, 11) is 3.98. The highest BCUT2D eigenvalue weighted by molar-refractivity contribution is 6.31. The van der Waals surface area contributed by atoms with Crippen LogP contribution in [0.15, 0.2) is 18.2 Å². The molecule has 0 heterocycles. The summed E-state index contributed by atoms with van der Waals surface area (Å²) in [6.45, 7) is 3.41. The summed E-state index contributed by atoms with van der Waals surface area (Å²) in [4.78, 5) is 13.1. The van der Waals surface area contributed by atoms with E-state index in [1.54, 1.807) is 12.1 Å². The lowest BCUT2D eigenvalue weighted by Crippen LogP contribution is -2.24. The molecule has 0 bridgehead atoms. The first-order valence-corrected chi connectivity index (χ1v) is 6.08. The van der Waals surface area contributed by atoms with Crippen molar-refractivity contribution in [1.29, 1.82) is 0 Å². The van der Waals surface area contributed by atoms with E-state index in [2.05, 4.69) is 11.8 Å². The van der Waals surface area contributed by atoms with Crippen molar-refractivity contribution in [3.05, 3.63) is 28.8 Å². The van der Waals surface area contributed by atoms with E-state index in [9.17, 15) is 4.79 Å². The number of hydrogen-bond donors (Lipinski definition) is 1. The maximum Gasteiger partial charge on any atom is 0.339 e. The molecule has 1 atom stereocenters. The van der Waals surface area contributed by atoms with E-state index >= 15 is 0 Å². The fourth-order valence-corrected chi connectivity index (χ4v) is 1.88. The van der Waals surface area contributed by atoms with E-state index in [4.69, 9.17) is 21.4 Å². The van der Waals surface area contributed by atoms with E-state index in [1.807, 2.05) is 14.1 Å². The van der Waals surface area contributed by atoms with Crippen LogP contribution in [0.2, 0.25) is 5.02 Å². The quantitative estimate of drug-likeness (QED) is 0.864. The Hall–Kier alpha value is -1.26. The molecule has 1 aromatic carbocycles. The van der Waals surface area contributed by atoms with E-state index in [1.165, 1.54) is 6.07 Å². The zero-order valence-electron chi connectivity index (χ0n) is 10.8. The molecule has 0 radical (unpaired) electrons. The molecule has 0 saturated heterocycles. The molecule has 0 fully saturated rings. The molecule has 18 heavy (non-hydrogen) atoms. The molecule has 1 unspecified atom stereocenters. The van der Waals surface area contributed by atoms with Gasteiger partial charge in [0.25, 0.3) is 0 Å². The molecule has 100 valence electrons. The second kappa shape index (κ2) is 6.61. The Balaban J connectivity index is 2.70. The van der Waals surface area contributed by atoms with Crippen LogP contribution in [0.1, 0.15) is 17.3 Å². The van der Waals surface area contributed by atoms with Crippen LogP contribution in [-0.2, 0) is 0 Å². The van der Waals surface area contributed by atoms with Gasteiger partial charge < -0.3 is 14.7 Å². The minimum atomic E-state index is -1.03. The SMILES string of the molecule is CC(COc1ccc(Cl)cc1C(=O)O)CN(C)C. The van der Waals surface area contributed by atoms with Gasteiger partial charge in [0.05, 0.1) is 6.61 Å². The Labute approximate surface area is 112 Å². The Morgan fingerprint density at radius 3 is 2.72 bits per heavy atom. The van der Waals surface area contributed by atoms with Crippen LogP contribution in [0.4, 0.5) is 0 Å². The molecule has 1 rings (SSSR count). The summed E-state index contributed by atoms with van der Waals surface area (Å²) in [5, 5.41) is 9.44. The molecule has 0 aliphatic carbocycles. The first-order valence-electron chi connectivity index (χ1n) is 5.70. The third-order valence-electron chi connectivity index (χ3n) is 2.37. The van der Waals surface area contributed by atoms with Crippen molar-refractivity contribution in [1.82, 2.24) is 4.90 Å². The summed E-state index contributed by atoms with van der Waals surface area (Å²) >= 11 is 5.77. The number of carboxylic acids is 1. The summed E-state index contributed by atoms with van der Waals surface area (Å²) in [6.07, 6.45) is 0. The number of ether oxygens (including phenoxy) is 1. The van der Waals surface area contributed by atoms with Gasteiger partial charge in [-0.2, -0.15) is 0 Å². The molecule has 0 aliphatic rings. The van der Waals surface area contributed by atoms with E-state index in [0.717, 1.165) is 6.54 Å². The number of rotatable bonds is 6. The summed E-state index contributed by atoms with van der Waals surface area (Å²) in [5.74, 6) is -0.359. The predicted molar refractivity (Wildman–Crippen MR) is 71.6 cm³/mol. The highest BCUT2D eigenvalue weighted by atomic mass is 35.5. The minimum Gasteiger partial charge on any atom is -0.492 e. The van der Waals surface area contributed by atoms with Crippen molar-refractivity contribution in [3.63, 3.8) is 0 Å². The van der Waals surface area contributed by atoms with Crippen molar-refractivity contribution in [2.75, 3.05) is 27.2 Å². The molecule has 0 saturated carbocycles. The smallest absolute Gasteiger partial charge is 0.339 e. The zero-order chi connectivity index (χ0) is 13.7. The van der Waals surface area contributed by atoms with E-state index in [-0.39, 0.29) is 5.56 Å². The maximum atomic E-state index is 11.0. The maximum absolute atomic E-state index is 11.0. The van der Waals surface area contributed by atoms with Crippen molar-refractivity contribution in [3.8, 4) is 5.75 Å². The van der Waals surface area contributed by atoms with Crippen LogP contribution in [0.5, 0.6) is 5.75 Å². The van der Waals surface area contributed by atoms with Crippen molar-refractivity contribution in [2.45, 2.75) is 6.92 Å². The van der Waals surface area contributed by atoms with Crippen LogP contribution in [-0.4, -0.2) is 43.2 Å². The predicted octanol–water partition coefficient (Wildman–Crippen LogP) is 2.61. The summed E-state index contributed by atoms with van der Waals surface area (Å²) < 4.78 is 5.55. The lowest BCUT2D eigenvalue weighted by molar-refractivity contribution is 0.0691. The molecule has 1 aromatic rings. The molecule has 4 nitrogen and oxygen atoms in total. The molecular formula is C13H18ClNO3. The fraction of sp³-hybridized carbons (Fsp3) is 0.462. The van der Waals surface area contributed by atoms with Crippen molar-refractivity contribution in [2.24, 2.45) is 5.92 Å². The lowest BCUT2D eigenvalue weighted by atomic mass is 10.2. The van der Waals surface area contributed by atoms with Crippen LogP contribution in [0, 0.1) is 5.92 Å². The van der Waals surface area contributed by atoms with E-state index < -0.39 is 5.97 Å². The third-order valence-corrected chi connectivity index (χ3v) is 2.61. The van der Waals surface area contributed by atoms with Crippen molar-refractivity contribution >= 4 is 17.6 Å². The van der Waals surface area contributed by atoms with Gasteiger partial charge in [0.2, 0.25) is 0 Å². The molecule has 0 amide bonds. The molecule has 0 aromatic heterocycles. The first-order chi connectivity index (χ1) is 8.40. The molecular weight excluding hydrogens is 254 g/mol. The number of carbonyl (C=O) groups is 1. The largest absolute Gasteiger partial charge is 0.492 e. The van der Waals surface area contributed by atoms with Gasteiger partial charge in [-0.05, 0) is 32.3 Å². The Morgan fingerprint density at radius 1 is 1.50 bits per heavy atom. The van der Waals surface area contributed by atoms with Crippen LogP contribution >= 0.6 is 11.6 Å². The topological polar surface area (TPSA) is 49.8 Å². The Kier molecular flexibility index (Phi) is 5.44. The average Bonchev–Trinajstić information content (AvgIpc) is 2.26. The number of carboxylic acid groups (broad SMARTS) is 1. The Morgan fingerprint density at radius 2 is 2.17 bits per heavy atom. The van der Waals surface area contributed by atoms with Gasteiger partial charge in [0, 0.05) is 17.5 Å². The van der Waals surface area contributed by atoms with Gasteiger partial charge in [-0.1, -0.05) is 18.5 Å². The zero-order valence-corrected chi connectivity index (χ0v) is 11.6. The number of aromatic carboxylic acids is 1. The van der Waals surface area contributed by atoms with Gasteiger partial charge >= 0.3 is 5.97 Å². The normalized spacial score (nSPS) is 12.5. The van der Waals surface area contributed by atoms with Gasteiger partial charge in [0.15, 0.2) is 0 Å². The minimum absolute atomic E-state index is 0.0968. The number of nitrogens with zero attached hydrogens (tertiary/aromatic N) is 1. The third kappa shape index (κ3) is 4.55. The summed E-state index contributed by atoms with van der Waals surface area (Å²) in [6, 6.07) is 4.62. The molecule has 5 heteroatoms. The van der Waals surface area contributed by atoms with Crippen LogP contribution in [0.3, 0.4) is 0 Å². The highest BCUT2D eigenvalue weighted by Crippen LogP contribution is 2.23. The first kappa shape index (κ1) is 14.8. The van der Waals surface area contributed by atoms with Gasteiger partial charge in [-0.15, -0.1) is 0 Å². The van der Waals surface area contributed by atoms with Gasteiger partial charge in [-0.3, -0.25) is 0 Å². The van der Waals surface area contributed by atoms with Crippen molar-refractivity contribution < 1.29 is 14.6 Å². The standard InChI is InChI=1S/C13H18ClNO3/c1-9(7-15(2)3)8-18-12-5-4-10(14)6-11(12)13(16)17/h4-6,9H,7-8H2,1-3H3,(H,16,17). The number of halogens is 1. The molecule has 0 aliphatic heterocycles. The monoisotopic (exact) mass is 271 g/mol. The fourth-order valence-electron chi connectivity index (χ4n) is 1.70. The van der Waals surface area contributed by atoms with Gasteiger partial charge in [-0.25, -0.2) is 4.79 Å². The number of benzene rings is 1. The van der Waals surface area contributed by atoms with Gasteiger partial charge in [0.1, 0.15) is 11.3 Å². The van der Waals surface area contributed by atoms with Crippen LogP contribution < -0.4 is 4.74 Å². The lowest BCUT2D eigenvalue weighted by Gasteiger charge is -2.18. The average molecular weight is 272 g/mol. The second-order valence-electron chi connectivity index (χ2n) is 4.62. The molecule has 1 N–H and O–H groups in total.